The molecule has 0 aliphatic heterocycles. The van der Waals surface area contributed by atoms with Crippen LogP contribution in [0.3, 0.4) is 0 Å². The summed E-state index contributed by atoms with van der Waals surface area (Å²) >= 11 is 0. The first-order chi connectivity index (χ1) is 32.5. The highest BCUT2D eigenvalue weighted by atomic mass is 16.6. The Hall–Kier alpha value is -2.63. The van der Waals surface area contributed by atoms with Gasteiger partial charge in [-0.25, -0.2) is 0 Å². The van der Waals surface area contributed by atoms with Crippen molar-refractivity contribution >= 4 is 17.9 Å². The maximum absolute atomic E-state index is 12.8. The lowest BCUT2D eigenvalue weighted by atomic mass is 10.0. The predicted molar refractivity (Wildman–Crippen MR) is 284 cm³/mol. The van der Waals surface area contributed by atoms with Crippen LogP contribution in [0.25, 0.3) is 0 Å². The molecule has 384 valence electrons. The van der Waals surface area contributed by atoms with E-state index >= 15 is 0 Å². The van der Waals surface area contributed by atoms with E-state index in [0.717, 1.165) is 83.5 Å². The first-order valence-electron chi connectivity index (χ1n) is 28.6. The molecule has 6 heteroatoms. The van der Waals surface area contributed by atoms with Gasteiger partial charge in [0.05, 0.1) is 0 Å². The van der Waals surface area contributed by atoms with Gasteiger partial charge in [0.2, 0.25) is 0 Å². The molecule has 1 atom stereocenters. The van der Waals surface area contributed by atoms with Crippen LogP contribution in [0.2, 0.25) is 0 Å². The minimum atomic E-state index is -0.777. The molecule has 1 unspecified atom stereocenters. The van der Waals surface area contributed by atoms with E-state index in [1.54, 1.807) is 0 Å². The van der Waals surface area contributed by atoms with E-state index in [2.05, 4.69) is 69.4 Å². The van der Waals surface area contributed by atoms with Crippen LogP contribution in [-0.2, 0) is 28.6 Å². The van der Waals surface area contributed by atoms with E-state index < -0.39 is 6.10 Å². The molecule has 0 saturated carbocycles. The summed E-state index contributed by atoms with van der Waals surface area (Å²) in [6.07, 6.45) is 66.7. The summed E-state index contributed by atoms with van der Waals surface area (Å²) in [5, 5.41) is 0. The number of carbonyl (C=O) groups excluding carboxylic acids is 3. The molecule has 0 bridgehead atoms. The molecular weight excluding hydrogens is 817 g/mol. The SMILES string of the molecule is CC/C=C\C/C=C\C/C=C\CCCCCCCCCCCC(=O)OCC(COC(=O)CCCCCCCCCCCCCCC)OC(=O)CCCCCCC/C=C\CCCCCCCCC. The highest BCUT2D eigenvalue weighted by Crippen LogP contribution is 2.16. The summed E-state index contributed by atoms with van der Waals surface area (Å²) in [7, 11) is 0. The number of ether oxygens (including phenoxy) is 3. The van der Waals surface area contributed by atoms with Crippen molar-refractivity contribution in [3.8, 4) is 0 Å². The van der Waals surface area contributed by atoms with Crippen LogP contribution in [0.1, 0.15) is 297 Å². The van der Waals surface area contributed by atoms with E-state index in [4.69, 9.17) is 14.2 Å². The average molecular weight is 926 g/mol. The van der Waals surface area contributed by atoms with Gasteiger partial charge in [0.15, 0.2) is 6.10 Å². The van der Waals surface area contributed by atoms with Crippen molar-refractivity contribution in [2.45, 2.75) is 303 Å². The fourth-order valence-corrected chi connectivity index (χ4v) is 8.28. The zero-order chi connectivity index (χ0) is 47.9. The molecule has 0 spiro atoms. The Kier molecular flexibility index (Phi) is 52.8. The lowest BCUT2D eigenvalue weighted by molar-refractivity contribution is -0.167. The Bertz CT molecular complexity index is 1150. The smallest absolute Gasteiger partial charge is 0.306 e. The van der Waals surface area contributed by atoms with Crippen LogP contribution in [0.15, 0.2) is 48.6 Å². The van der Waals surface area contributed by atoms with E-state index in [0.29, 0.717) is 19.3 Å². The Morgan fingerprint density at radius 3 is 0.939 bits per heavy atom. The zero-order valence-electron chi connectivity index (χ0n) is 44.0. The van der Waals surface area contributed by atoms with Crippen LogP contribution >= 0.6 is 0 Å². The number of hydrogen-bond donors (Lipinski definition) is 0. The van der Waals surface area contributed by atoms with Gasteiger partial charge in [-0.05, 0) is 77.0 Å². The first kappa shape index (κ1) is 63.4. The third kappa shape index (κ3) is 52.3. The van der Waals surface area contributed by atoms with Gasteiger partial charge in [-0.1, -0.05) is 249 Å². The summed E-state index contributed by atoms with van der Waals surface area (Å²) in [6, 6.07) is 0. The summed E-state index contributed by atoms with van der Waals surface area (Å²) in [5.41, 5.74) is 0. The van der Waals surface area contributed by atoms with E-state index in [-0.39, 0.29) is 31.1 Å². The van der Waals surface area contributed by atoms with Gasteiger partial charge in [0.1, 0.15) is 13.2 Å². The summed E-state index contributed by atoms with van der Waals surface area (Å²) in [5.74, 6) is -0.875. The van der Waals surface area contributed by atoms with Crippen LogP contribution in [-0.4, -0.2) is 37.2 Å². The summed E-state index contributed by atoms with van der Waals surface area (Å²) in [6.45, 7) is 6.55. The van der Waals surface area contributed by atoms with Crippen molar-refractivity contribution in [3.05, 3.63) is 48.6 Å². The minimum absolute atomic E-state index is 0.0749. The lowest BCUT2D eigenvalue weighted by Gasteiger charge is -2.18. The van der Waals surface area contributed by atoms with Gasteiger partial charge in [-0.3, -0.25) is 14.4 Å². The molecule has 0 amide bonds. The quantitative estimate of drug-likeness (QED) is 0.0262. The molecule has 0 aromatic carbocycles. The van der Waals surface area contributed by atoms with Crippen LogP contribution in [0.5, 0.6) is 0 Å². The highest BCUT2D eigenvalue weighted by Gasteiger charge is 2.19. The Morgan fingerprint density at radius 1 is 0.318 bits per heavy atom. The molecule has 0 heterocycles. The van der Waals surface area contributed by atoms with Crippen molar-refractivity contribution in [2.24, 2.45) is 0 Å². The molecule has 0 aliphatic rings. The van der Waals surface area contributed by atoms with Crippen molar-refractivity contribution in [1.29, 1.82) is 0 Å². The maximum Gasteiger partial charge on any atom is 0.306 e. The third-order valence-corrected chi connectivity index (χ3v) is 12.6. The number of rotatable bonds is 52. The standard InChI is InChI=1S/C60H108O6/c1-4-7-10-13-16-19-22-25-27-29-30-31-33-35-38-41-44-47-50-53-59(62)65-56-57(55-64-58(61)52-49-46-43-40-37-34-24-21-18-15-12-9-6-3)66-60(63)54-51-48-45-42-39-36-32-28-26-23-20-17-14-11-8-5-2/h7,10,16,19,25,27-28,32,57H,4-6,8-9,11-15,17-18,20-24,26,29-31,33-56H2,1-3H3/b10-7-,19-16-,27-25-,32-28-. The van der Waals surface area contributed by atoms with Crippen LogP contribution in [0, 0.1) is 0 Å². The molecule has 0 aromatic heterocycles. The molecule has 6 nitrogen and oxygen atoms in total. The minimum Gasteiger partial charge on any atom is -0.462 e. The van der Waals surface area contributed by atoms with Gasteiger partial charge in [0, 0.05) is 19.3 Å². The molecule has 0 fully saturated rings. The number of unbranched alkanes of at least 4 members (excludes halogenated alkanes) is 33. The van der Waals surface area contributed by atoms with Gasteiger partial charge in [-0.2, -0.15) is 0 Å². The number of hydrogen-bond acceptors (Lipinski definition) is 6. The summed E-state index contributed by atoms with van der Waals surface area (Å²) in [4.78, 5) is 38.1. The Morgan fingerprint density at radius 2 is 0.591 bits per heavy atom. The average Bonchev–Trinajstić information content (AvgIpc) is 3.31. The number of carbonyl (C=O) groups is 3. The maximum atomic E-state index is 12.8. The number of esters is 3. The van der Waals surface area contributed by atoms with E-state index in [1.165, 1.54) is 173 Å². The number of allylic oxidation sites excluding steroid dienone is 8. The zero-order valence-corrected chi connectivity index (χ0v) is 44.0. The summed E-state index contributed by atoms with van der Waals surface area (Å²) < 4.78 is 16.9. The molecule has 0 N–H and O–H groups in total. The third-order valence-electron chi connectivity index (χ3n) is 12.6. The van der Waals surface area contributed by atoms with Crippen LogP contribution < -0.4 is 0 Å². The molecule has 0 radical (unpaired) electrons. The van der Waals surface area contributed by atoms with Crippen molar-refractivity contribution in [2.75, 3.05) is 13.2 Å². The Balaban J connectivity index is 4.35. The molecular formula is C60H108O6. The van der Waals surface area contributed by atoms with Gasteiger partial charge in [-0.15, -0.1) is 0 Å². The molecule has 66 heavy (non-hydrogen) atoms. The van der Waals surface area contributed by atoms with Crippen molar-refractivity contribution in [3.63, 3.8) is 0 Å². The molecule has 0 aliphatic carbocycles. The molecule has 0 saturated heterocycles. The second kappa shape index (κ2) is 55.0. The first-order valence-corrected chi connectivity index (χ1v) is 28.6. The highest BCUT2D eigenvalue weighted by molar-refractivity contribution is 5.71. The molecule has 0 aromatic rings. The van der Waals surface area contributed by atoms with Crippen molar-refractivity contribution < 1.29 is 28.6 Å². The van der Waals surface area contributed by atoms with E-state index in [1.807, 2.05) is 0 Å². The second-order valence-corrected chi connectivity index (χ2v) is 19.2. The van der Waals surface area contributed by atoms with Gasteiger partial charge < -0.3 is 14.2 Å². The predicted octanol–water partition coefficient (Wildman–Crippen LogP) is 19.0. The Labute approximate surface area is 409 Å². The largest absolute Gasteiger partial charge is 0.462 e. The van der Waals surface area contributed by atoms with Gasteiger partial charge in [0.25, 0.3) is 0 Å². The fourth-order valence-electron chi connectivity index (χ4n) is 8.28. The van der Waals surface area contributed by atoms with Gasteiger partial charge >= 0.3 is 17.9 Å². The van der Waals surface area contributed by atoms with Crippen LogP contribution in [0.4, 0.5) is 0 Å². The monoisotopic (exact) mass is 925 g/mol. The normalized spacial score (nSPS) is 12.3. The van der Waals surface area contributed by atoms with E-state index in [9.17, 15) is 14.4 Å². The fraction of sp³-hybridized carbons (Fsp3) is 0.817. The van der Waals surface area contributed by atoms with Crippen molar-refractivity contribution in [1.82, 2.24) is 0 Å². The lowest BCUT2D eigenvalue weighted by Crippen LogP contribution is -2.30. The second-order valence-electron chi connectivity index (χ2n) is 19.2. The molecule has 0 rings (SSSR count). The topological polar surface area (TPSA) is 78.9 Å².